The maximum absolute atomic E-state index is 13.4. The number of benzene rings is 4. The molecule has 0 aromatic heterocycles. The number of amides is 3. The molecule has 7 nitrogen and oxygen atoms in total. The Morgan fingerprint density at radius 1 is 0.757 bits per heavy atom. The van der Waals surface area contributed by atoms with Crippen molar-refractivity contribution in [1.82, 2.24) is 4.72 Å². The lowest BCUT2D eigenvalue weighted by Crippen LogP contribution is -2.31. The Morgan fingerprint density at radius 2 is 1.43 bits per heavy atom. The van der Waals surface area contributed by atoms with Gasteiger partial charge in [-0.05, 0) is 65.5 Å². The first-order valence-corrected chi connectivity index (χ1v) is 12.1. The number of nitrogens with one attached hydrogen (secondary N) is 1. The molecule has 1 N–H and O–H groups in total. The van der Waals surface area contributed by atoms with Gasteiger partial charge >= 0.3 is 5.97 Å². The van der Waals surface area contributed by atoms with Gasteiger partial charge in [0, 0.05) is 10.5 Å². The summed E-state index contributed by atoms with van der Waals surface area (Å²) in [5.41, 5.74) is 2.27. The van der Waals surface area contributed by atoms with Crippen LogP contribution in [0.2, 0.25) is 0 Å². The molecule has 5 rings (SSSR count). The standard InChI is InChI=1S/C29H20N2O5S/c1-36-29(35)24-16-19(18-8-4-2-5-9-18)13-15-25(24)31-27(33)22-14-12-20(17-23(22)28(31)34)26(32)30-37-21-10-6-3-7-11-21/h2-17H,1H3,(H,30,32). The van der Waals surface area contributed by atoms with Crippen LogP contribution in [0.5, 0.6) is 0 Å². The third-order valence-electron chi connectivity index (χ3n) is 5.90. The van der Waals surface area contributed by atoms with E-state index in [-0.39, 0.29) is 27.9 Å². The average molecular weight is 509 g/mol. The van der Waals surface area contributed by atoms with E-state index in [1.165, 1.54) is 25.3 Å². The molecule has 0 unspecified atom stereocenters. The lowest BCUT2D eigenvalue weighted by molar-refractivity contribution is 0.0601. The molecule has 0 bridgehead atoms. The highest BCUT2D eigenvalue weighted by molar-refractivity contribution is 7.98. The van der Waals surface area contributed by atoms with E-state index < -0.39 is 23.7 Å². The zero-order valence-electron chi connectivity index (χ0n) is 19.6. The van der Waals surface area contributed by atoms with E-state index in [2.05, 4.69) is 4.72 Å². The molecule has 4 aromatic carbocycles. The van der Waals surface area contributed by atoms with Crippen LogP contribution in [0.3, 0.4) is 0 Å². The second-order valence-corrected chi connectivity index (χ2v) is 9.02. The SMILES string of the molecule is COC(=O)c1cc(-c2ccccc2)ccc1N1C(=O)c2ccc(C(=O)NSc3ccccc3)cc2C1=O. The van der Waals surface area contributed by atoms with Gasteiger partial charge in [0.05, 0.1) is 29.5 Å². The molecule has 0 aliphatic carbocycles. The molecule has 0 radical (unpaired) electrons. The van der Waals surface area contributed by atoms with Crippen molar-refractivity contribution in [3.63, 3.8) is 0 Å². The molecule has 37 heavy (non-hydrogen) atoms. The molecule has 1 aliphatic rings. The van der Waals surface area contributed by atoms with E-state index in [1.54, 1.807) is 18.2 Å². The maximum Gasteiger partial charge on any atom is 0.340 e. The molecule has 8 heteroatoms. The predicted octanol–water partition coefficient (Wildman–Crippen LogP) is 5.38. The number of ether oxygens (including phenoxy) is 1. The van der Waals surface area contributed by atoms with Gasteiger partial charge in [0.2, 0.25) is 0 Å². The second kappa shape index (κ2) is 10.1. The third-order valence-corrected chi connectivity index (χ3v) is 6.70. The van der Waals surface area contributed by atoms with Gasteiger partial charge in [-0.15, -0.1) is 0 Å². The molecule has 1 aliphatic heterocycles. The minimum atomic E-state index is -0.678. The Bertz CT molecular complexity index is 1540. The van der Waals surface area contributed by atoms with Crippen molar-refractivity contribution in [3.05, 3.63) is 119 Å². The fraction of sp³-hybridized carbons (Fsp3) is 0.0345. The monoisotopic (exact) mass is 508 g/mol. The van der Waals surface area contributed by atoms with Gasteiger partial charge in [-0.3, -0.25) is 19.1 Å². The van der Waals surface area contributed by atoms with Gasteiger partial charge in [-0.2, -0.15) is 0 Å². The molecule has 4 aromatic rings. The summed E-state index contributed by atoms with van der Waals surface area (Å²) < 4.78 is 7.68. The predicted molar refractivity (Wildman–Crippen MR) is 141 cm³/mol. The fourth-order valence-electron chi connectivity index (χ4n) is 4.07. The summed E-state index contributed by atoms with van der Waals surface area (Å²) in [6.45, 7) is 0. The number of hydrogen-bond acceptors (Lipinski definition) is 6. The first-order valence-electron chi connectivity index (χ1n) is 11.3. The molecule has 0 saturated heterocycles. The molecule has 0 fully saturated rings. The van der Waals surface area contributed by atoms with Crippen molar-refractivity contribution in [2.24, 2.45) is 0 Å². The van der Waals surface area contributed by atoms with Gasteiger partial charge in [0.25, 0.3) is 17.7 Å². The van der Waals surface area contributed by atoms with Crippen LogP contribution in [-0.4, -0.2) is 30.8 Å². The van der Waals surface area contributed by atoms with Gasteiger partial charge in [0.15, 0.2) is 0 Å². The van der Waals surface area contributed by atoms with Crippen LogP contribution < -0.4 is 9.62 Å². The number of nitrogens with zero attached hydrogens (tertiary/aromatic N) is 1. The zero-order chi connectivity index (χ0) is 25.9. The molecular formula is C29H20N2O5S. The van der Waals surface area contributed by atoms with Crippen LogP contribution in [0.15, 0.2) is 102 Å². The number of fused-ring (bicyclic) bond motifs is 1. The quantitative estimate of drug-likeness (QED) is 0.214. The Labute approximate surface area is 217 Å². The average Bonchev–Trinajstić information content (AvgIpc) is 3.20. The highest BCUT2D eigenvalue weighted by Crippen LogP contribution is 2.34. The summed E-state index contributed by atoms with van der Waals surface area (Å²) in [4.78, 5) is 53.8. The van der Waals surface area contributed by atoms with E-state index in [0.717, 1.165) is 32.9 Å². The number of carbonyl (C=O) groups is 4. The Hall–Kier alpha value is -4.69. The molecular weight excluding hydrogens is 488 g/mol. The number of methoxy groups -OCH3 is 1. The highest BCUT2D eigenvalue weighted by atomic mass is 32.2. The first-order chi connectivity index (χ1) is 18.0. The Kier molecular flexibility index (Phi) is 6.57. The summed E-state index contributed by atoms with van der Waals surface area (Å²) in [6, 6.07) is 27.9. The van der Waals surface area contributed by atoms with E-state index in [0.29, 0.717) is 0 Å². The summed E-state index contributed by atoms with van der Waals surface area (Å²) in [5.74, 6) is -2.29. The molecule has 0 atom stereocenters. The minimum Gasteiger partial charge on any atom is -0.465 e. The molecule has 182 valence electrons. The summed E-state index contributed by atoms with van der Waals surface area (Å²) in [6.07, 6.45) is 0. The summed E-state index contributed by atoms with van der Waals surface area (Å²) in [5, 5.41) is 0. The number of hydrogen-bond donors (Lipinski definition) is 1. The number of carbonyl (C=O) groups excluding carboxylic acids is 4. The van der Waals surface area contributed by atoms with Crippen molar-refractivity contribution in [2.45, 2.75) is 4.90 Å². The van der Waals surface area contributed by atoms with Crippen LogP contribution in [0.1, 0.15) is 41.4 Å². The maximum atomic E-state index is 13.4. The van der Waals surface area contributed by atoms with Crippen molar-refractivity contribution < 1.29 is 23.9 Å². The summed E-state index contributed by atoms with van der Waals surface area (Å²) >= 11 is 1.15. The van der Waals surface area contributed by atoms with Gasteiger partial charge in [-0.25, -0.2) is 9.69 Å². The zero-order valence-corrected chi connectivity index (χ0v) is 20.5. The third kappa shape index (κ3) is 4.62. The summed E-state index contributed by atoms with van der Waals surface area (Å²) in [7, 11) is 1.24. The van der Waals surface area contributed by atoms with E-state index >= 15 is 0 Å². The van der Waals surface area contributed by atoms with Crippen molar-refractivity contribution >= 4 is 41.3 Å². The van der Waals surface area contributed by atoms with Crippen LogP contribution in [-0.2, 0) is 4.74 Å². The van der Waals surface area contributed by atoms with E-state index in [9.17, 15) is 19.2 Å². The Balaban J connectivity index is 1.46. The number of rotatable bonds is 6. The largest absolute Gasteiger partial charge is 0.465 e. The van der Waals surface area contributed by atoms with E-state index in [4.69, 9.17) is 4.74 Å². The number of anilines is 1. The lowest BCUT2D eigenvalue weighted by Gasteiger charge is -2.18. The fourth-order valence-corrected chi connectivity index (χ4v) is 4.69. The highest BCUT2D eigenvalue weighted by Gasteiger charge is 2.39. The second-order valence-electron chi connectivity index (χ2n) is 8.14. The van der Waals surface area contributed by atoms with Crippen LogP contribution in [0.25, 0.3) is 11.1 Å². The molecule has 0 spiro atoms. The topological polar surface area (TPSA) is 92.8 Å². The van der Waals surface area contributed by atoms with Crippen LogP contribution >= 0.6 is 11.9 Å². The normalized spacial score (nSPS) is 12.3. The van der Waals surface area contributed by atoms with Crippen LogP contribution in [0.4, 0.5) is 5.69 Å². The van der Waals surface area contributed by atoms with Crippen molar-refractivity contribution in [1.29, 1.82) is 0 Å². The molecule has 0 saturated carbocycles. The van der Waals surface area contributed by atoms with Gasteiger partial charge in [0.1, 0.15) is 0 Å². The smallest absolute Gasteiger partial charge is 0.340 e. The van der Waals surface area contributed by atoms with Gasteiger partial charge < -0.3 is 4.74 Å². The minimum absolute atomic E-state index is 0.0792. The first kappa shape index (κ1) is 24.0. The van der Waals surface area contributed by atoms with E-state index in [1.807, 2.05) is 60.7 Å². The Morgan fingerprint density at radius 3 is 2.14 bits per heavy atom. The number of imide groups is 1. The lowest BCUT2D eigenvalue weighted by atomic mass is 10.0. The van der Waals surface area contributed by atoms with Gasteiger partial charge in [-0.1, -0.05) is 54.6 Å². The van der Waals surface area contributed by atoms with Crippen molar-refractivity contribution in [2.75, 3.05) is 12.0 Å². The van der Waals surface area contributed by atoms with Crippen molar-refractivity contribution in [3.8, 4) is 11.1 Å². The van der Waals surface area contributed by atoms with Crippen LogP contribution in [0, 0.1) is 0 Å². The molecule has 1 heterocycles. The molecule has 3 amide bonds. The number of esters is 1.